The molecule has 29 heavy (non-hydrogen) atoms. The Bertz CT molecular complexity index is 904. The summed E-state index contributed by atoms with van der Waals surface area (Å²) >= 11 is 5.65. The predicted octanol–water partition coefficient (Wildman–Crippen LogP) is 6.49. The van der Waals surface area contributed by atoms with Crippen molar-refractivity contribution < 1.29 is 0 Å². The lowest BCUT2D eigenvalue weighted by Gasteiger charge is -2.18. The van der Waals surface area contributed by atoms with Gasteiger partial charge in [0.25, 0.3) is 0 Å². The first-order chi connectivity index (χ1) is 14.2. The van der Waals surface area contributed by atoms with Gasteiger partial charge < -0.3 is 0 Å². The Morgan fingerprint density at radius 3 is 1.31 bits per heavy atom. The van der Waals surface area contributed by atoms with E-state index in [-0.39, 0.29) is 0 Å². The molecule has 0 aliphatic heterocycles. The molecule has 0 N–H and O–H groups in total. The standard InChI is InChI=1S/C18H15P.C9H11Cl/c1-4-10-16(11-5-1)19(17-12-6-2-7-13-17)18-14-8-3-9-15-18;1-7-3-4-9(6-10)5-8(7)2/h1-15H;3-5H,6H2,1-2H3. The number of hydrogen-bond donors (Lipinski definition) is 0. The average Bonchev–Trinajstić information content (AvgIpc) is 2.79. The van der Waals surface area contributed by atoms with Gasteiger partial charge in [-0.15, -0.1) is 11.6 Å². The zero-order chi connectivity index (χ0) is 20.5. The maximum atomic E-state index is 5.65. The van der Waals surface area contributed by atoms with Crippen LogP contribution in [0.5, 0.6) is 0 Å². The minimum absolute atomic E-state index is 0.446. The van der Waals surface area contributed by atoms with Crippen LogP contribution in [0.3, 0.4) is 0 Å². The van der Waals surface area contributed by atoms with Gasteiger partial charge in [0.15, 0.2) is 0 Å². The Labute approximate surface area is 181 Å². The maximum Gasteiger partial charge on any atom is 0.0474 e. The minimum atomic E-state index is -0.446. The van der Waals surface area contributed by atoms with Crippen LogP contribution < -0.4 is 15.9 Å². The molecule has 0 aromatic heterocycles. The van der Waals surface area contributed by atoms with Gasteiger partial charge in [-0.25, -0.2) is 0 Å². The first kappa shape index (κ1) is 21.3. The second-order valence-corrected chi connectivity index (χ2v) is 9.38. The number of rotatable bonds is 4. The summed E-state index contributed by atoms with van der Waals surface area (Å²) in [6, 6.07) is 38.6. The van der Waals surface area contributed by atoms with Crippen LogP contribution in [0.4, 0.5) is 0 Å². The summed E-state index contributed by atoms with van der Waals surface area (Å²) in [4.78, 5) is 0. The third-order valence-electron chi connectivity index (χ3n) is 4.77. The number of halogens is 1. The van der Waals surface area contributed by atoms with E-state index < -0.39 is 7.92 Å². The summed E-state index contributed by atoms with van der Waals surface area (Å²) in [5, 5.41) is 4.19. The Morgan fingerprint density at radius 1 is 0.552 bits per heavy atom. The zero-order valence-corrected chi connectivity index (χ0v) is 18.6. The Hall–Kier alpha value is -2.40. The quantitative estimate of drug-likeness (QED) is 0.263. The van der Waals surface area contributed by atoms with Crippen molar-refractivity contribution in [2.75, 3.05) is 0 Å². The van der Waals surface area contributed by atoms with E-state index >= 15 is 0 Å². The number of benzene rings is 4. The van der Waals surface area contributed by atoms with Crippen LogP contribution in [0.2, 0.25) is 0 Å². The summed E-state index contributed by atoms with van der Waals surface area (Å²) < 4.78 is 0. The highest BCUT2D eigenvalue weighted by molar-refractivity contribution is 7.79. The van der Waals surface area contributed by atoms with Gasteiger partial charge in [0, 0.05) is 5.88 Å². The van der Waals surface area contributed by atoms with E-state index in [1.54, 1.807) is 0 Å². The molecule has 0 bridgehead atoms. The van der Waals surface area contributed by atoms with Gasteiger partial charge >= 0.3 is 0 Å². The molecule has 0 spiro atoms. The van der Waals surface area contributed by atoms with E-state index in [2.05, 4.69) is 123 Å². The van der Waals surface area contributed by atoms with Crippen LogP contribution in [0.15, 0.2) is 109 Å². The van der Waals surface area contributed by atoms with E-state index in [9.17, 15) is 0 Å². The highest BCUT2D eigenvalue weighted by atomic mass is 35.5. The zero-order valence-electron chi connectivity index (χ0n) is 16.9. The molecule has 2 heteroatoms. The molecule has 0 heterocycles. The van der Waals surface area contributed by atoms with E-state index in [1.807, 2.05) is 0 Å². The van der Waals surface area contributed by atoms with Crippen LogP contribution in [0.1, 0.15) is 16.7 Å². The van der Waals surface area contributed by atoms with Crippen molar-refractivity contribution in [1.29, 1.82) is 0 Å². The van der Waals surface area contributed by atoms with Gasteiger partial charge in [-0.05, 0) is 54.4 Å². The van der Waals surface area contributed by atoms with E-state index in [4.69, 9.17) is 11.6 Å². The summed E-state index contributed by atoms with van der Waals surface area (Å²) in [6.45, 7) is 4.21. The van der Waals surface area contributed by atoms with Crippen molar-refractivity contribution in [2.45, 2.75) is 19.7 Å². The smallest absolute Gasteiger partial charge is 0.0474 e. The summed E-state index contributed by atoms with van der Waals surface area (Å²) in [5.74, 6) is 0.612. The molecule has 4 aromatic carbocycles. The second-order valence-electron chi connectivity index (χ2n) is 6.89. The number of aryl methyl sites for hydroxylation is 2. The van der Waals surface area contributed by atoms with Gasteiger partial charge in [0.2, 0.25) is 0 Å². The number of alkyl halides is 1. The molecule has 0 nitrogen and oxygen atoms in total. The van der Waals surface area contributed by atoms with E-state index in [1.165, 1.54) is 32.6 Å². The topological polar surface area (TPSA) is 0 Å². The predicted molar refractivity (Wildman–Crippen MR) is 131 cm³/mol. The molecule has 0 aliphatic carbocycles. The summed E-state index contributed by atoms with van der Waals surface area (Å²) in [6.07, 6.45) is 0. The fourth-order valence-corrected chi connectivity index (χ4v) is 5.54. The highest BCUT2D eigenvalue weighted by Crippen LogP contribution is 2.32. The van der Waals surface area contributed by atoms with Crippen LogP contribution >= 0.6 is 19.5 Å². The maximum absolute atomic E-state index is 5.65. The van der Waals surface area contributed by atoms with Crippen LogP contribution in [-0.4, -0.2) is 0 Å². The highest BCUT2D eigenvalue weighted by Gasteiger charge is 2.14. The van der Waals surface area contributed by atoms with Crippen molar-refractivity contribution in [3.8, 4) is 0 Å². The molecule has 4 rings (SSSR count). The van der Waals surface area contributed by atoms with Crippen molar-refractivity contribution in [3.63, 3.8) is 0 Å². The fourth-order valence-electron chi connectivity index (χ4n) is 3.07. The molecule has 0 unspecified atom stereocenters. The second kappa shape index (κ2) is 11.0. The van der Waals surface area contributed by atoms with Crippen LogP contribution in [0, 0.1) is 13.8 Å². The third-order valence-corrected chi connectivity index (χ3v) is 7.52. The first-order valence-electron chi connectivity index (χ1n) is 9.76. The average molecular weight is 417 g/mol. The lowest BCUT2D eigenvalue weighted by molar-refractivity contribution is 1.28. The van der Waals surface area contributed by atoms with Crippen molar-refractivity contribution in [1.82, 2.24) is 0 Å². The van der Waals surface area contributed by atoms with E-state index in [0.717, 1.165) is 0 Å². The van der Waals surface area contributed by atoms with Gasteiger partial charge in [-0.1, -0.05) is 109 Å². The molecule has 0 amide bonds. The van der Waals surface area contributed by atoms with Crippen LogP contribution in [0.25, 0.3) is 0 Å². The summed E-state index contributed by atoms with van der Waals surface area (Å²) in [5.41, 5.74) is 3.84. The first-order valence-corrected chi connectivity index (χ1v) is 11.6. The molecule has 146 valence electrons. The fraction of sp³-hybridized carbons (Fsp3) is 0.111. The molecular weight excluding hydrogens is 391 g/mol. The van der Waals surface area contributed by atoms with Gasteiger partial charge in [-0.3, -0.25) is 0 Å². The van der Waals surface area contributed by atoms with Crippen molar-refractivity contribution in [3.05, 3.63) is 126 Å². The molecule has 0 fully saturated rings. The Kier molecular flexibility index (Phi) is 8.05. The largest absolute Gasteiger partial charge is 0.122 e. The number of hydrogen-bond acceptors (Lipinski definition) is 0. The van der Waals surface area contributed by atoms with Gasteiger partial charge in [0.1, 0.15) is 0 Å². The summed E-state index contributed by atoms with van der Waals surface area (Å²) in [7, 11) is -0.446. The molecular formula is C27H26ClP. The Morgan fingerprint density at radius 2 is 0.966 bits per heavy atom. The molecule has 0 saturated carbocycles. The molecule has 0 aliphatic rings. The molecule has 0 radical (unpaired) electrons. The monoisotopic (exact) mass is 416 g/mol. The normalized spacial score (nSPS) is 10.3. The molecule has 0 saturated heterocycles. The van der Waals surface area contributed by atoms with Gasteiger partial charge in [-0.2, -0.15) is 0 Å². The minimum Gasteiger partial charge on any atom is -0.122 e. The SMILES string of the molecule is Cc1ccc(CCl)cc1C.c1ccc(P(c2ccccc2)c2ccccc2)cc1. The Balaban J connectivity index is 0.000000204. The van der Waals surface area contributed by atoms with Crippen molar-refractivity contribution >= 4 is 35.4 Å². The molecule has 4 aromatic rings. The van der Waals surface area contributed by atoms with Crippen LogP contribution in [-0.2, 0) is 5.88 Å². The lowest BCUT2D eigenvalue weighted by Crippen LogP contribution is -2.20. The van der Waals surface area contributed by atoms with Gasteiger partial charge in [0.05, 0.1) is 0 Å². The van der Waals surface area contributed by atoms with Crippen molar-refractivity contribution in [2.24, 2.45) is 0 Å². The lowest BCUT2D eigenvalue weighted by atomic mass is 10.1. The van der Waals surface area contributed by atoms with E-state index in [0.29, 0.717) is 5.88 Å². The third kappa shape index (κ3) is 6.04. The molecule has 0 atom stereocenters.